The molecular formula is C39H40Cl2Zr. The van der Waals surface area contributed by atoms with Crippen LogP contribution >= 0.6 is 0 Å². The molecule has 42 heavy (non-hydrogen) atoms. The van der Waals surface area contributed by atoms with E-state index in [-0.39, 0.29) is 24.8 Å². The van der Waals surface area contributed by atoms with Crippen LogP contribution in [0.2, 0.25) is 0 Å². The fourth-order valence-electron chi connectivity index (χ4n) is 6.94. The number of aryl methyl sites for hydroxylation is 2. The molecule has 0 N–H and O–H groups in total. The van der Waals surface area contributed by atoms with Crippen LogP contribution in [0.5, 0.6) is 0 Å². The molecule has 2 aliphatic carbocycles. The molecule has 0 saturated heterocycles. The summed E-state index contributed by atoms with van der Waals surface area (Å²) < 4.78 is 3.96. The Hall–Kier alpha value is -2.31. The number of rotatable bonds is 8. The van der Waals surface area contributed by atoms with E-state index in [1.165, 1.54) is 65.5 Å². The second-order valence-corrected chi connectivity index (χ2v) is 17.8. The molecule has 0 saturated carbocycles. The third kappa shape index (κ3) is 6.31. The van der Waals surface area contributed by atoms with Gasteiger partial charge in [0.15, 0.2) is 0 Å². The fourth-order valence-corrected chi connectivity index (χ4v) is 16.7. The van der Waals surface area contributed by atoms with Crippen molar-refractivity contribution in [3.63, 3.8) is 0 Å². The van der Waals surface area contributed by atoms with Crippen LogP contribution < -0.4 is 24.8 Å². The van der Waals surface area contributed by atoms with E-state index < -0.39 is 21.3 Å². The first-order chi connectivity index (χ1) is 19.6. The van der Waals surface area contributed by atoms with Gasteiger partial charge in [0, 0.05) is 0 Å². The zero-order valence-corrected chi connectivity index (χ0v) is 29.2. The van der Waals surface area contributed by atoms with Gasteiger partial charge in [-0.05, 0) is 0 Å². The summed E-state index contributed by atoms with van der Waals surface area (Å²) in [6, 6.07) is 37.3. The average molecular weight is 671 g/mol. The third-order valence-corrected chi connectivity index (χ3v) is 17.1. The first kappa shape index (κ1) is 32.6. The minimum Gasteiger partial charge on any atom is -1.00 e. The Balaban J connectivity index is 0.00000202. The number of halogens is 2. The second kappa shape index (κ2) is 14.4. The van der Waals surface area contributed by atoms with Gasteiger partial charge in [-0.2, -0.15) is 0 Å². The minimum absolute atomic E-state index is 0. The molecule has 0 nitrogen and oxygen atoms in total. The van der Waals surface area contributed by atoms with E-state index in [9.17, 15) is 0 Å². The van der Waals surface area contributed by atoms with Crippen LogP contribution in [-0.4, -0.2) is 3.21 Å². The van der Waals surface area contributed by atoms with Gasteiger partial charge in [-0.15, -0.1) is 0 Å². The van der Waals surface area contributed by atoms with Crippen LogP contribution in [-0.2, 0) is 21.3 Å². The predicted molar refractivity (Wildman–Crippen MR) is 169 cm³/mol. The monoisotopic (exact) mass is 668 g/mol. The largest absolute Gasteiger partial charge is 1.00 e. The van der Waals surface area contributed by atoms with Gasteiger partial charge in [-0.3, -0.25) is 0 Å². The molecule has 2 aliphatic rings. The van der Waals surface area contributed by atoms with Gasteiger partial charge in [0.25, 0.3) is 0 Å². The van der Waals surface area contributed by atoms with Gasteiger partial charge < -0.3 is 24.8 Å². The number of hydrogen-bond acceptors (Lipinski definition) is 0. The molecule has 0 fully saturated rings. The molecule has 4 aromatic carbocycles. The second-order valence-electron chi connectivity index (χ2n) is 11.6. The van der Waals surface area contributed by atoms with Crippen molar-refractivity contribution in [2.45, 2.75) is 63.4 Å². The predicted octanol–water partition coefficient (Wildman–Crippen LogP) is 4.45. The molecule has 0 aromatic heterocycles. The van der Waals surface area contributed by atoms with Crippen molar-refractivity contribution in [1.82, 2.24) is 0 Å². The first-order valence-electron chi connectivity index (χ1n) is 15.1. The molecule has 0 aliphatic heterocycles. The molecule has 3 heteroatoms. The normalized spacial score (nSPS) is 13.4. The van der Waals surface area contributed by atoms with Crippen molar-refractivity contribution in [3.8, 4) is 11.1 Å². The van der Waals surface area contributed by atoms with Gasteiger partial charge in [-0.1, -0.05) is 0 Å². The summed E-state index contributed by atoms with van der Waals surface area (Å²) in [4.78, 5) is 0. The number of allylic oxidation sites excluding steroid dienone is 4. The summed E-state index contributed by atoms with van der Waals surface area (Å²) >= 11 is -2.70. The molecule has 0 amide bonds. The Kier molecular flexibility index (Phi) is 11.2. The van der Waals surface area contributed by atoms with Crippen LogP contribution in [0.25, 0.3) is 11.1 Å². The van der Waals surface area contributed by atoms with Gasteiger partial charge in [0.2, 0.25) is 0 Å². The van der Waals surface area contributed by atoms with E-state index in [1.807, 2.05) is 3.28 Å². The van der Waals surface area contributed by atoms with Crippen molar-refractivity contribution in [3.05, 3.63) is 151 Å². The maximum Gasteiger partial charge on any atom is -1.00 e. The summed E-state index contributed by atoms with van der Waals surface area (Å²) in [6.07, 6.45) is 8.64. The van der Waals surface area contributed by atoms with Gasteiger partial charge in [-0.25, -0.2) is 0 Å². The molecule has 214 valence electrons. The summed E-state index contributed by atoms with van der Waals surface area (Å²) in [5.41, 5.74) is 15.0. The molecule has 0 heterocycles. The number of benzene rings is 4. The Bertz CT molecular complexity index is 1550. The van der Waals surface area contributed by atoms with E-state index in [2.05, 4.69) is 131 Å². The van der Waals surface area contributed by atoms with Gasteiger partial charge in [0.05, 0.1) is 0 Å². The molecular weight excluding hydrogens is 631 g/mol. The van der Waals surface area contributed by atoms with Crippen molar-refractivity contribution < 1.29 is 46.1 Å². The maximum absolute atomic E-state index is 2.70. The zero-order chi connectivity index (χ0) is 27.6. The minimum atomic E-state index is -2.70. The van der Waals surface area contributed by atoms with Crippen LogP contribution in [0, 0.1) is 13.8 Å². The number of fused-ring (bicyclic) bond motifs is 3. The topological polar surface area (TPSA) is 0 Å². The summed E-state index contributed by atoms with van der Waals surface area (Å²) in [6.45, 7) is 9.22. The quantitative estimate of drug-likeness (QED) is 0.260. The van der Waals surface area contributed by atoms with Crippen molar-refractivity contribution in [2.24, 2.45) is 0 Å². The van der Waals surface area contributed by atoms with Gasteiger partial charge in [0.1, 0.15) is 0 Å². The van der Waals surface area contributed by atoms with E-state index in [1.54, 1.807) is 25.5 Å². The Labute approximate surface area is 273 Å². The summed E-state index contributed by atoms with van der Waals surface area (Å²) in [5, 5.41) is 0. The molecule has 0 bridgehead atoms. The van der Waals surface area contributed by atoms with Crippen LogP contribution in [0.4, 0.5) is 0 Å². The standard InChI is InChI=1S/C15H13.C13H10.C11H17.2ClH.Zr/c1-10-3-5-14-12(7-10)9-13-8-11(2)4-6-15(13)14;1-3-7-12(8-4-1)11-13-9-5-2-6-10-13;1-3-5-10-7-8-11(9-10)6-4-2;;;/h3-9H,1-2H3;1-10H;9H,3-7H2,1-2H3;2*1H;/q;;;;;+2/p-2. The number of hydrogen-bond donors (Lipinski definition) is 0. The van der Waals surface area contributed by atoms with Crippen LogP contribution in [0.15, 0.2) is 118 Å². The average Bonchev–Trinajstić information content (AvgIpc) is 3.50. The Morgan fingerprint density at radius 2 is 1.17 bits per heavy atom. The third-order valence-electron chi connectivity index (χ3n) is 8.59. The molecule has 0 spiro atoms. The summed E-state index contributed by atoms with van der Waals surface area (Å²) in [5.74, 6) is 0. The van der Waals surface area contributed by atoms with Gasteiger partial charge >= 0.3 is 250 Å². The summed E-state index contributed by atoms with van der Waals surface area (Å²) in [7, 11) is 0. The Morgan fingerprint density at radius 3 is 1.64 bits per heavy atom. The van der Waals surface area contributed by atoms with Crippen molar-refractivity contribution >= 4 is 3.21 Å². The van der Waals surface area contributed by atoms with Crippen LogP contribution in [0.3, 0.4) is 0 Å². The zero-order valence-electron chi connectivity index (χ0n) is 25.2. The molecule has 4 aromatic rings. The SMILES string of the molecule is CCCC1=CC(CCC)=[C]([Zr+2](=[C](c2ccccc2)c2ccccc2)[CH]2c3cc(C)ccc3-c3ccc(C)cc32)C1.[Cl-].[Cl-]. The Morgan fingerprint density at radius 1 is 0.667 bits per heavy atom. The molecule has 0 radical (unpaired) electrons. The van der Waals surface area contributed by atoms with Crippen LogP contribution in [0.1, 0.15) is 83.0 Å². The van der Waals surface area contributed by atoms with Crippen molar-refractivity contribution in [2.75, 3.05) is 0 Å². The van der Waals surface area contributed by atoms with E-state index >= 15 is 0 Å². The van der Waals surface area contributed by atoms with Crippen molar-refractivity contribution in [1.29, 1.82) is 0 Å². The van der Waals surface area contributed by atoms with E-state index in [0.717, 1.165) is 0 Å². The first-order valence-corrected chi connectivity index (χ1v) is 18.9. The molecule has 6 rings (SSSR count). The fraction of sp³-hybridized carbons (Fsp3) is 0.256. The molecule has 0 unspecified atom stereocenters. The molecule has 0 atom stereocenters. The van der Waals surface area contributed by atoms with E-state index in [0.29, 0.717) is 3.63 Å². The smallest absolute Gasteiger partial charge is 1.00 e. The maximum atomic E-state index is 2.62. The van der Waals surface area contributed by atoms with E-state index in [4.69, 9.17) is 0 Å².